The average Bonchev–Trinajstić information content (AvgIpc) is 1.59. The number of aliphatic hydroxyl groups is 1. The smallest absolute Gasteiger partial charge is 0.0594 e. The lowest BCUT2D eigenvalue weighted by Gasteiger charge is -2.21. The van der Waals surface area contributed by atoms with Crippen LogP contribution < -0.4 is 0 Å². The molecule has 0 unspecified atom stereocenters. The second-order valence-corrected chi connectivity index (χ2v) is 3.98. The molecule has 0 radical (unpaired) electrons. The summed E-state index contributed by atoms with van der Waals surface area (Å²) in [6, 6.07) is 0. The van der Waals surface area contributed by atoms with Crippen LogP contribution in [0.3, 0.4) is 0 Å². The highest BCUT2D eigenvalue weighted by Crippen LogP contribution is 2.18. The van der Waals surface area contributed by atoms with E-state index in [1.165, 1.54) is 0 Å². The van der Waals surface area contributed by atoms with Crippen molar-refractivity contribution in [2.24, 2.45) is 5.92 Å². The fraction of sp³-hybridized carbons (Fsp3) is 1.00. The maximum atomic E-state index is 9.37. The van der Waals surface area contributed by atoms with E-state index in [9.17, 15) is 5.11 Å². The van der Waals surface area contributed by atoms with Gasteiger partial charge in [0, 0.05) is 5.88 Å². The van der Waals surface area contributed by atoms with Gasteiger partial charge in [0.25, 0.3) is 0 Å². The van der Waals surface area contributed by atoms with Gasteiger partial charge in [0.2, 0.25) is 0 Å². The molecule has 0 aromatic rings. The molecule has 2 heteroatoms. The molecule has 0 heterocycles. The van der Waals surface area contributed by atoms with E-state index in [2.05, 4.69) is 6.92 Å². The fourth-order valence-electron chi connectivity index (χ4n) is 1.14. The highest BCUT2D eigenvalue weighted by Gasteiger charge is 2.16. The number of hydrogen-bond acceptors (Lipinski definition) is 1. The van der Waals surface area contributed by atoms with Crippen LogP contribution >= 0.6 is 11.6 Å². The Labute approximate surface area is 68.4 Å². The quantitative estimate of drug-likeness (QED) is 0.633. The van der Waals surface area contributed by atoms with Crippen LogP contribution in [0, 0.1) is 5.92 Å². The SMILES string of the molecule is C[C@@H](CCCl)CC(C)(C)O. The molecule has 0 aromatic heterocycles. The summed E-state index contributed by atoms with van der Waals surface area (Å²) in [4.78, 5) is 0. The lowest BCUT2D eigenvalue weighted by Crippen LogP contribution is -2.22. The Balaban J connectivity index is 3.47. The lowest BCUT2D eigenvalue weighted by molar-refractivity contribution is 0.0548. The Morgan fingerprint density at radius 1 is 1.50 bits per heavy atom. The molecule has 0 aromatic carbocycles. The molecule has 0 spiro atoms. The predicted octanol–water partition coefficient (Wildman–Crippen LogP) is 2.41. The Bertz CT molecular complexity index is 85.7. The van der Waals surface area contributed by atoms with Gasteiger partial charge in [0.15, 0.2) is 0 Å². The summed E-state index contributed by atoms with van der Waals surface area (Å²) in [5.74, 6) is 1.22. The van der Waals surface area contributed by atoms with Gasteiger partial charge in [-0.15, -0.1) is 11.6 Å². The van der Waals surface area contributed by atoms with Crippen LogP contribution in [0.4, 0.5) is 0 Å². The molecule has 62 valence electrons. The Kier molecular flexibility index (Phi) is 4.30. The minimum atomic E-state index is -0.536. The van der Waals surface area contributed by atoms with Crippen molar-refractivity contribution in [2.75, 3.05) is 5.88 Å². The summed E-state index contributed by atoms with van der Waals surface area (Å²) in [6.45, 7) is 5.77. The summed E-state index contributed by atoms with van der Waals surface area (Å²) in [6.07, 6.45) is 1.82. The van der Waals surface area contributed by atoms with E-state index >= 15 is 0 Å². The molecule has 0 rings (SSSR count). The van der Waals surface area contributed by atoms with E-state index in [-0.39, 0.29) is 0 Å². The van der Waals surface area contributed by atoms with Gasteiger partial charge in [-0.3, -0.25) is 0 Å². The van der Waals surface area contributed by atoms with Crippen LogP contribution in [-0.4, -0.2) is 16.6 Å². The average molecular weight is 165 g/mol. The van der Waals surface area contributed by atoms with Gasteiger partial charge in [-0.2, -0.15) is 0 Å². The van der Waals surface area contributed by atoms with Crippen LogP contribution in [0.5, 0.6) is 0 Å². The van der Waals surface area contributed by atoms with Crippen molar-refractivity contribution < 1.29 is 5.11 Å². The molecule has 10 heavy (non-hydrogen) atoms. The van der Waals surface area contributed by atoms with Crippen molar-refractivity contribution in [3.63, 3.8) is 0 Å². The van der Waals surface area contributed by atoms with Crippen molar-refractivity contribution in [2.45, 2.75) is 39.2 Å². The lowest BCUT2D eigenvalue weighted by atomic mass is 9.93. The fourth-order valence-corrected chi connectivity index (χ4v) is 1.51. The van der Waals surface area contributed by atoms with E-state index in [0.29, 0.717) is 11.8 Å². The monoisotopic (exact) mass is 164 g/mol. The summed E-state index contributed by atoms with van der Waals surface area (Å²) in [7, 11) is 0. The molecule has 0 aliphatic heterocycles. The van der Waals surface area contributed by atoms with Gasteiger partial charge in [0.1, 0.15) is 0 Å². The summed E-state index contributed by atoms with van der Waals surface area (Å²) in [5.41, 5.74) is -0.536. The molecule has 0 fully saturated rings. The van der Waals surface area contributed by atoms with E-state index < -0.39 is 5.60 Å². The highest BCUT2D eigenvalue weighted by molar-refractivity contribution is 6.17. The molecule has 1 N–H and O–H groups in total. The molecule has 0 saturated heterocycles. The summed E-state index contributed by atoms with van der Waals surface area (Å²) < 4.78 is 0. The van der Waals surface area contributed by atoms with Crippen LogP contribution in [-0.2, 0) is 0 Å². The van der Waals surface area contributed by atoms with Crippen molar-refractivity contribution >= 4 is 11.6 Å². The zero-order valence-electron chi connectivity index (χ0n) is 7.02. The molecule has 0 bridgehead atoms. The number of alkyl halides is 1. The molecule has 1 atom stereocenters. The van der Waals surface area contributed by atoms with Crippen molar-refractivity contribution in [3.8, 4) is 0 Å². The molecule has 1 nitrogen and oxygen atoms in total. The largest absolute Gasteiger partial charge is 0.390 e. The second-order valence-electron chi connectivity index (χ2n) is 3.60. The third-order valence-electron chi connectivity index (χ3n) is 1.45. The zero-order chi connectivity index (χ0) is 8.20. The van der Waals surface area contributed by atoms with Crippen molar-refractivity contribution in [1.82, 2.24) is 0 Å². The number of rotatable bonds is 4. The van der Waals surface area contributed by atoms with E-state index in [4.69, 9.17) is 11.6 Å². The maximum Gasteiger partial charge on any atom is 0.0594 e. The molecule has 0 aliphatic carbocycles. The molecular formula is C8H17ClO. The van der Waals surface area contributed by atoms with Gasteiger partial charge < -0.3 is 5.11 Å². The van der Waals surface area contributed by atoms with Crippen molar-refractivity contribution in [1.29, 1.82) is 0 Å². The van der Waals surface area contributed by atoms with Crippen LogP contribution in [0.2, 0.25) is 0 Å². The minimum Gasteiger partial charge on any atom is -0.390 e. The standard InChI is InChI=1S/C8H17ClO/c1-7(4-5-9)6-8(2,3)10/h7,10H,4-6H2,1-3H3/t7-/m0/s1. The van der Waals surface area contributed by atoms with Gasteiger partial charge in [-0.25, -0.2) is 0 Å². The first-order valence-electron chi connectivity index (χ1n) is 3.74. The summed E-state index contributed by atoms with van der Waals surface area (Å²) in [5, 5.41) is 9.37. The van der Waals surface area contributed by atoms with E-state index in [0.717, 1.165) is 12.8 Å². The van der Waals surface area contributed by atoms with E-state index in [1.807, 2.05) is 13.8 Å². The first-order chi connectivity index (χ1) is 4.45. The maximum absolute atomic E-state index is 9.37. The minimum absolute atomic E-state index is 0.525. The first-order valence-corrected chi connectivity index (χ1v) is 4.27. The Hall–Kier alpha value is 0.250. The van der Waals surface area contributed by atoms with E-state index in [1.54, 1.807) is 0 Å². The third kappa shape index (κ3) is 6.37. The third-order valence-corrected chi connectivity index (χ3v) is 1.67. The number of hydrogen-bond donors (Lipinski definition) is 1. The molecule has 0 saturated carbocycles. The van der Waals surface area contributed by atoms with Gasteiger partial charge in [0.05, 0.1) is 5.60 Å². The Morgan fingerprint density at radius 3 is 2.30 bits per heavy atom. The predicted molar refractivity (Wildman–Crippen MR) is 45.4 cm³/mol. The topological polar surface area (TPSA) is 20.2 Å². The van der Waals surface area contributed by atoms with Gasteiger partial charge >= 0.3 is 0 Å². The van der Waals surface area contributed by atoms with Crippen LogP contribution in [0.25, 0.3) is 0 Å². The van der Waals surface area contributed by atoms with Crippen LogP contribution in [0.15, 0.2) is 0 Å². The molecular weight excluding hydrogens is 148 g/mol. The number of halogens is 1. The summed E-state index contributed by atoms with van der Waals surface area (Å²) >= 11 is 5.54. The zero-order valence-corrected chi connectivity index (χ0v) is 7.78. The van der Waals surface area contributed by atoms with Crippen molar-refractivity contribution in [3.05, 3.63) is 0 Å². The van der Waals surface area contributed by atoms with Gasteiger partial charge in [-0.05, 0) is 32.6 Å². The van der Waals surface area contributed by atoms with Gasteiger partial charge in [-0.1, -0.05) is 6.92 Å². The highest BCUT2D eigenvalue weighted by atomic mass is 35.5. The van der Waals surface area contributed by atoms with Crippen LogP contribution in [0.1, 0.15) is 33.6 Å². The molecule has 0 amide bonds. The Morgan fingerprint density at radius 2 is 2.00 bits per heavy atom. The normalized spacial score (nSPS) is 15.3. The first kappa shape index (κ1) is 10.2. The molecule has 0 aliphatic rings. The second kappa shape index (κ2) is 4.20.